The molecule has 5 rings (SSSR count). The maximum Gasteiger partial charge on any atom is 0.269 e. The first-order valence-corrected chi connectivity index (χ1v) is 12.0. The number of carbonyl (C=O) groups is 1. The van der Waals surface area contributed by atoms with Gasteiger partial charge in [-0.1, -0.05) is 5.16 Å². The Bertz CT molecular complexity index is 1200. The highest BCUT2D eigenvalue weighted by Gasteiger charge is 2.41. The number of anilines is 2. The molecule has 3 heterocycles. The molecule has 2 atom stereocenters. The monoisotopic (exact) mass is 497 g/mol. The molecule has 2 aromatic rings. The third-order valence-corrected chi connectivity index (χ3v) is 6.98. The van der Waals surface area contributed by atoms with Gasteiger partial charge in [0, 0.05) is 50.4 Å². The summed E-state index contributed by atoms with van der Waals surface area (Å²) in [5, 5.41) is 14.8. The standard InChI is InChI=1S/C25H28FN5O5/c1-16-14-35-25-22-20(11-21(26)23(25)29-9-7-28(2)8-10-29)24(32)18(13-30(16)22)12-27-36-15-17-3-5-19(6-4-17)31(33)34/h3-6,11-12,16,18H,7-10,13-15H2,1-2H3/b27-12+/t16-,18?/m0/s1. The summed E-state index contributed by atoms with van der Waals surface area (Å²) in [4.78, 5) is 35.3. The van der Waals surface area contributed by atoms with Crippen LogP contribution in [0.5, 0.6) is 5.75 Å². The van der Waals surface area contributed by atoms with E-state index in [0.29, 0.717) is 54.5 Å². The molecule has 11 heteroatoms. The highest BCUT2D eigenvalue weighted by atomic mass is 19.1. The van der Waals surface area contributed by atoms with E-state index in [0.717, 1.165) is 13.1 Å². The zero-order valence-electron chi connectivity index (χ0n) is 20.2. The fraction of sp³-hybridized carbons (Fsp3) is 0.440. The molecule has 0 N–H and O–H groups in total. The van der Waals surface area contributed by atoms with E-state index in [1.54, 1.807) is 12.1 Å². The minimum absolute atomic E-state index is 0.00395. The Hall–Kier alpha value is -3.73. The van der Waals surface area contributed by atoms with Crippen LogP contribution in [0.1, 0.15) is 22.8 Å². The molecular formula is C25H28FN5O5. The van der Waals surface area contributed by atoms with Crippen molar-refractivity contribution in [2.24, 2.45) is 11.1 Å². The fourth-order valence-corrected chi connectivity index (χ4v) is 4.88. The summed E-state index contributed by atoms with van der Waals surface area (Å²) in [6.45, 7) is 5.93. The molecule has 0 spiro atoms. The second-order valence-electron chi connectivity index (χ2n) is 9.46. The van der Waals surface area contributed by atoms with E-state index in [1.807, 2.05) is 18.9 Å². The van der Waals surface area contributed by atoms with E-state index >= 15 is 4.39 Å². The van der Waals surface area contributed by atoms with E-state index in [1.165, 1.54) is 24.4 Å². The number of nitrogens with zero attached hydrogens (tertiary/aromatic N) is 5. The van der Waals surface area contributed by atoms with Crippen LogP contribution >= 0.6 is 0 Å². The Morgan fingerprint density at radius 3 is 2.64 bits per heavy atom. The van der Waals surface area contributed by atoms with Crippen molar-refractivity contribution >= 4 is 29.1 Å². The number of benzene rings is 2. The number of ketones is 1. The molecule has 1 unspecified atom stereocenters. The van der Waals surface area contributed by atoms with Crippen LogP contribution in [0.2, 0.25) is 0 Å². The van der Waals surface area contributed by atoms with E-state index in [-0.39, 0.29) is 24.1 Å². The molecule has 0 aromatic heterocycles. The summed E-state index contributed by atoms with van der Waals surface area (Å²) < 4.78 is 21.5. The highest BCUT2D eigenvalue weighted by molar-refractivity contribution is 6.13. The number of hydrogen-bond donors (Lipinski definition) is 0. The number of carbonyl (C=O) groups excluding carboxylic acids is 1. The van der Waals surface area contributed by atoms with Gasteiger partial charge in [-0.3, -0.25) is 14.9 Å². The van der Waals surface area contributed by atoms with Gasteiger partial charge < -0.3 is 24.3 Å². The Labute approximate surface area is 208 Å². The van der Waals surface area contributed by atoms with Crippen LogP contribution in [-0.4, -0.2) is 74.2 Å². The number of Topliss-reactive ketones (excluding diaryl/α,β-unsaturated/α-hetero) is 1. The Balaban J connectivity index is 1.35. The van der Waals surface area contributed by atoms with Crippen molar-refractivity contribution in [3.8, 4) is 5.75 Å². The number of hydrogen-bond acceptors (Lipinski definition) is 9. The molecule has 190 valence electrons. The number of rotatable bonds is 6. The Kier molecular flexibility index (Phi) is 6.48. The maximum absolute atomic E-state index is 15.4. The molecule has 1 fully saturated rings. The molecule has 0 aliphatic carbocycles. The van der Waals surface area contributed by atoms with E-state index in [9.17, 15) is 14.9 Å². The van der Waals surface area contributed by atoms with Crippen LogP contribution in [0.15, 0.2) is 35.5 Å². The molecule has 10 nitrogen and oxygen atoms in total. The van der Waals surface area contributed by atoms with Gasteiger partial charge in [0.25, 0.3) is 5.69 Å². The van der Waals surface area contributed by atoms with Gasteiger partial charge in [0.1, 0.15) is 18.9 Å². The quantitative estimate of drug-likeness (QED) is 0.341. The van der Waals surface area contributed by atoms with E-state index in [4.69, 9.17) is 9.57 Å². The summed E-state index contributed by atoms with van der Waals surface area (Å²) >= 11 is 0. The van der Waals surface area contributed by atoms with Crippen molar-refractivity contribution in [2.75, 3.05) is 56.2 Å². The van der Waals surface area contributed by atoms with Gasteiger partial charge in [-0.15, -0.1) is 0 Å². The third-order valence-electron chi connectivity index (χ3n) is 6.98. The number of ether oxygens (including phenoxy) is 1. The first-order valence-electron chi connectivity index (χ1n) is 12.0. The lowest BCUT2D eigenvalue weighted by Crippen LogP contribution is -2.50. The molecule has 0 radical (unpaired) electrons. The molecule has 0 saturated carbocycles. The van der Waals surface area contributed by atoms with Crippen LogP contribution in [-0.2, 0) is 11.4 Å². The molecule has 36 heavy (non-hydrogen) atoms. The van der Waals surface area contributed by atoms with Crippen LogP contribution in [0.25, 0.3) is 0 Å². The van der Waals surface area contributed by atoms with Crippen molar-refractivity contribution in [1.82, 2.24) is 4.90 Å². The second kappa shape index (κ2) is 9.73. The zero-order valence-corrected chi connectivity index (χ0v) is 20.2. The van der Waals surface area contributed by atoms with Gasteiger partial charge >= 0.3 is 0 Å². The summed E-state index contributed by atoms with van der Waals surface area (Å²) in [5.74, 6) is -0.836. The molecule has 0 amide bonds. The first-order chi connectivity index (χ1) is 17.3. The lowest BCUT2D eigenvalue weighted by Gasteiger charge is -2.44. The van der Waals surface area contributed by atoms with Crippen molar-refractivity contribution in [3.63, 3.8) is 0 Å². The first kappa shape index (κ1) is 24.0. The lowest BCUT2D eigenvalue weighted by molar-refractivity contribution is -0.384. The summed E-state index contributed by atoms with van der Waals surface area (Å²) in [5.41, 5.74) is 2.10. The normalized spacial score (nSPS) is 21.9. The van der Waals surface area contributed by atoms with Gasteiger partial charge in [-0.05, 0) is 37.7 Å². The Morgan fingerprint density at radius 1 is 1.22 bits per heavy atom. The SMILES string of the molecule is C[C@H]1COc2c(N3CCN(C)CC3)c(F)cc3c2N1CC(/C=N/OCc1ccc([N+](=O)[O-])cc1)C3=O. The predicted molar refractivity (Wildman–Crippen MR) is 133 cm³/mol. The van der Waals surface area contributed by atoms with Gasteiger partial charge in [-0.2, -0.15) is 0 Å². The average molecular weight is 498 g/mol. The zero-order chi connectivity index (χ0) is 25.4. The number of non-ortho nitro benzene ring substituents is 1. The van der Waals surface area contributed by atoms with Gasteiger partial charge in [0.2, 0.25) is 0 Å². The maximum atomic E-state index is 15.4. The highest BCUT2D eigenvalue weighted by Crippen LogP contribution is 2.48. The van der Waals surface area contributed by atoms with Crippen molar-refractivity contribution < 1.29 is 23.7 Å². The van der Waals surface area contributed by atoms with Gasteiger partial charge in [0.15, 0.2) is 17.3 Å². The summed E-state index contributed by atoms with van der Waals surface area (Å²) in [7, 11) is 2.04. The largest absolute Gasteiger partial charge is 0.487 e. The smallest absolute Gasteiger partial charge is 0.269 e. The Morgan fingerprint density at radius 2 is 1.94 bits per heavy atom. The number of halogens is 1. The molecular weight excluding hydrogens is 469 g/mol. The summed E-state index contributed by atoms with van der Waals surface area (Å²) in [6, 6.07) is 7.31. The molecule has 3 aliphatic heterocycles. The number of likely N-dealkylation sites (N-methyl/N-ethyl adjacent to an activating group) is 1. The average Bonchev–Trinajstić information content (AvgIpc) is 2.87. The lowest BCUT2D eigenvalue weighted by atomic mass is 9.89. The van der Waals surface area contributed by atoms with Gasteiger partial charge in [-0.25, -0.2) is 4.39 Å². The number of piperazine rings is 1. The summed E-state index contributed by atoms with van der Waals surface area (Å²) in [6.07, 6.45) is 1.45. The second-order valence-corrected chi connectivity index (χ2v) is 9.46. The van der Waals surface area contributed by atoms with Gasteiger partial charge in [0.05, 0.1) is 28.8 Å². The minimum Gasteiger partial charge on any atom is -0.487 e. The number of oxime groups is 1. The van der Waals surface area contributed by atoms with E-state index < -0.39 is 16.7 Å². The van der Waals surface area contributed by atoms with Crippen LogP contribution in [0.3, 0.4) is 0 Å². The molecule has 0 bridgehead atoms. The molecule has 1 saturated heterocycles. The minimum atomic E-state index is -0.600. The molecule has 2 aromatic carbocycles. The van der Waals surface area contributed by atoms with Crippen LogP contribution < -0.4 is 14.5 Å². The van der Waals surface area contributed by atoms with E-state index in [2.05, 4.69) is 15.0 Å². The topological polar surface area (TPSA) is 101 Å². The fourth-order valence-electron chi connectivity index (χ4n) is 4.88. The number of nitro benzene ring substituents is 1. The van der Waals surface area contributed by atoms with Crippen molar-refractivity contribution in [1.29, 1.82) is 0 Å². The number of nitro groups is 1. The van der Waals surface area contributed by atoms with Crippen LogP contribution in [0.4, 0.5) is 21.5 Å². The van der Waals surface area contributed by atoms with Crippen molar-refractivity contribution in [3.05, 3.63) is 57.4 Å². The van der Waals surface area contributed by atoms with Crippen molar-refractivity contribution in [2.45, 2.75) is 19.6 Å². The molecule has 3 aliphatic rings. The third kappa shape index (κ3) is 4.46. The predicted octanol–water partition coefficient (Wildman–Crippen LogP) is 3.09. The van der Waals surface area contributed by atoms with Crippen LogP contribution in [0, 0.1) is 21.8 Å².